The monoisotopic (exact) mass is 386 g/mol. The second kappa shape index (κ2) is 8.63. The van der Waals surface area contributed by atoms with E-state index in [9.17, 15) is 14.4 Å². The van der Waals surface area contributed by atoms with Crippen LogP contribution in [0.25, 0.3) is 11.0 Å². The van der Waals surface area contributed by atoms with Crippen LogP contribution in [0.4, 0.5) is 0 Å². The first-order chi connectivity index (χ1) is 13.4. The number of carbonyl (C=O) groups excluding carboxylic acids is 2. The minimum Gasteiger partial charge on any atom is -0.339 e. The van der Waals surface area contributed by atoms with Gasteiger partial charge in [-0.3, -0.25) is 18.7 Å². The predicted molar refractivity (Wildman–Crippen MR) is 109 cm³/mol. The van der Waals surface area contributed by atoms with Gasteiger partial charge < -0.3 is 9.80 Å². The summed E-state index contributed by atoms with van der Waals surface area (Å²) in [6.07, 6.45) is 1.46. The first-order valence-electron chi connectivity index (χ1n) is 10.2. The Morgan fingerprint density at radius 1 is 0.929 bits per heavy atom. The van der Waals surface area contributed by atoms with Crippen LogP contribution in [-0.4, -0.2) is 56.9 Å². The van der Waals surface area contributed by atoms with Crippen LogP contribution in [0.3, 0.4) is 0 Å². The highest BCUT2D eigenvalue weighted by Gasteiger charge is 2.25. The van der Waals surface area contributed by atoms with Crippen molar-refractivity contribution in [3.8, 4) is 0 Å². The number of amides is 2. The molecule has 2 amide bonds. The minimum absolute atomic E-state index is 0.0354. The number of imidazole rings is 1. The molecular weight excluding hydrogens is 356 g/mol. The highest BCUT2D eigenvalue weighted by molar-refractivity contribution is 5.81. The Balaban J connectivity index is 1.64. The molecule has 1 aromatic heterocycles. The zero-order valence-corrected chi connectivity index (χ0v) is 17.1. The van der Waals surface area contributed by atoms with Crippen LogP contribution < -0.4 is 5.69 Å². The standard InChI is InChI=1S/C21H30N4O3/c1-4-24-17-7-5-6-8-18(17)25(21(24)28)15-20(27)23-13-11-22(12-14-23)19(26)10-9-16(2)3/h5-8,16H,4,9-15H2,1-3H3. The summed E-state index contributed by atoms with van der Waals surface area (Å²) < 4.78 is 3.25. The van der Waals surface area contributed by atoms with E-state index in [1.54, 1.807) is 14.0 Å². The minimum atomic E-state index is -0.153. The summed E-state index contributed by atoms with van der Waals surface area (Å²) in [6, 6.07) is 7.56. The molecule has 0 aliphatic carbocycles. The van der Waals surface area contributed by atoms with Gasteiger partial charge in [0.25, 0.3) is 0 Å². The SMILES string of the molecule is CCn1c(=O)n(CC(=O)N2CCN(C(=O)CCC(C)C)CC2)c2ccccc21. The molecule has 28 heavy (non-hydrogen) atoms. The Labute approximate surface area is 165 Å². The van der Waals surface area contributed by atoms with Crippen molar-refractivity contribution in [2.75, 3.05) is 26.2 Å². The fourth-order valence-corrected chi connectivity index (χ4v) is 3.74. The molecule has 0 saturated carbocycles. The number of fused-ring (bicyclic) bond motifs is 1. The molecule has 0 spiro atoms. The molecule has 3 rings (SSSR count). The molecule has 0 bridgehead atoms. The van der Waals surface area contributed by atoms with Crippen LogP contribution in [0.5, 0.6) is 0 Å². The maximum Gasteiger partial charge on any atom is 0.329 e. The molecule has 2 heterocycles. The zero-order valence-electron chi connectivity index (χ0n) is 17.1. The lowest BCUT2D eigenvalue weighted by Gasteiger charge is -2.35. The van der Waals surface area contributed by atoms with Gasteiger partial charge in [-0.25, -0.2) is 4.79 Å². The van der Waals surface area contributed by atoms with Crippen molar-refractivity contribution in [1.29, 1.82) is 0 Å². The van der Waals surface area contributed by atoms with E-state index in [2.05, 4.69) is 13.8 Å². The third-order valence-corrected chi connectivity index (χ3v) is 5.46. The van der Waals surface area contributed by atoms with Crippen LogP contribution in [0.15, 0.2) is 29.1 Å². The molecular formula is C21H30N4O3. The number of aryl methyl sites for hydroxylation is 1. The number of benzene rings is 1. The normalized spacial score (nSPS) is 14.9. The van der Waals surface area contributed by atoms with Gasteiger partial charge in [0.15, 0.2) is 0 Å². The van der Waals surface area contributed by atoms with Crippen LogP contribution >= 0.6 is 0 Å². The Bertz CT molecular complexity index is 904. The van der Waals surface area contributed by atoms with Gasteiger partial charge in [0.2, 0.25) is 11.8 Å². The first kappa shape index (κ1) is 20.2. The molecule has 7 heteroatoms. The fraction of sp³-hybridized carbons (Fsp3) is 0.571. The van der Waals surface area contributed by atoms with E-state index >= 15 is 0 Å². The number of aromatic nitrogens is 2. The van der Waals surface area contributed by atoms with Crippen molar-refractivity contribution in [1.82, 2.24) is 18.9 Å². The lowest BCUT2D eigenvalue weighted by atomic mass is 10.1. The highest BCUT2D eigenvalue weighted by atomic mass is 16.2. The summed E-state index contributed by atoms with van der Waals surface area (Å²) in [5.41, 5.74) is 1.48. The van der Waals surface area contributed by atoms with Gasteiger partial charge in [-0.1, -0.05) is 26.0 Å². The predicted octanol–water partition coefficient (Wildman–Crippen LogP) is 1.93. The number of hydrogen-bond acceptors (Lipinski definition) is 3. The molecule has 2 aromatic rings. The van der Waals surface area contributed by atoms with Crippen molar-refractivity contribution < 1.29 is 9.59 Å². The van der Waals surface area contributed by atoms with E-state index in [0.717, 1.165) is 17.5 Å². The van der Waals surface area contributed by atoms with Gasteiger partial charge in [0, 0.05) is 39.1 Å². The Kier molecular flexibility index (Phi) is 6.21. The molecule has 1 aromatic carbocycles. The van der Waals surface area contributed by atoms with E-state index < -0.39 is 0 Å². The van der Waals surface area contributed by atoms with Gasteiger partial charge >= 0.3 is 5.69 Å². The number of piperazine rings is 1. The second-order valence-electron chi connectivity index (χ2n) is 7.80. The Morgan fingerprint density at radius 2 is 1.46 bits per heavy atom. The molecule has 0 N–H and O–H groups in total. The van der Waals surface area contributed by atoms with Gasteiger partial charge in [-0.2, -0.15) is 0 Å². The summed E-state index contributed by atoms with van der Waals surface area (Å²) in [7, 11) is 0. The number of nitrogens with zero attached hydrogens (tertiary/aromatic N) is 4. The van der Waals surface area contributed by atoms with Crippen molar-refractivity contribution in [3.63, 3.8) is 0 Å². The van der Waals surface area contributed by atoms with Crippen LogP contribution in [-0.2, 0) is 22.7 Å². The van der Waals surface area contributed by atoms with E-state index in [-0.39, 0.29) is 24.0 Å². The molecule has 0 radical (unpaired) electrons. The topological polar surface area (TPSA) is 67.6 Å². The lowest BCUT2D eigenvalue weighted by Crippen LogP contribution is -2.51. The molecule has 1 aliphatic heterocycles. The van der Waals surface area contributed by atoms with Gasteiger partial charge in [-0.05, 0) is 31.4 Å². The molecule has 152 valence electrons. The van der Waals surface area contributed by atoms with E-state index in [1.165, 1.54) is 0 Å². The summed E-state index contributed by atoms with van der Waals surface area (Å²) in [4.78, 5) is 41.4. The van der Waals surface area contributed by atoms with Gasteiger partial charge in [-0.15, -0.1) is 0 Å². The molecule has 7 nitrogen and oxygen atoms in total. The molecule has 1 saturated heterocycles. The van der Waals surface area contributed by atoms with Crippen molar-refractivity contribution >= 4 is 22.8 Å². The summed E-state index contributed by atoms with van der Waals surface area (Å²) in [5.74, 6) is 0.605. The molecule has 1 fully saturated rings. The Hall–Kier alpha value is -2.57. The second-order valence-corrected chi connectivity index (χ2v) is 7.80. The highest BCUT2D eigenvalue weighted by Crippen LogP contribution is 2.14. The summed E-state index contributed by atoms with van der Waals surface area (Å²) >= 11 is 0. The Morgan fingerprint density at radius 3 is 2.00 bits per heavy atom. The van der Waals surface area contributed by atoms with Crippen LogP contribution in [0.1, 0.15) is 33.6 Å². The largest absolute Gasteiger partial charge is 0.339 e. The van der Waals surface area contributed by atoms with E-state index in [4.69, 9.17) is 0 Å². The number of carbonyl (C=O) groups is 2. The van der Waals surface area contributed by atoms with Gasteiger partial charge in [0.05, 0.1) is 11.0 Å². The zero-order chi connectivity index (χ0) is 20.3. The summed E-state index contributed by atoms with van der Waals surface area (Å²) in [5, 5.41) is 0. The third kappa shape index (κ3) is 4.13. The molecule has 1 aliphatic rings. The number of hydrogen-bond donors (Lipinski definition) is 0. The number of rotatable bonds is 6. The fourth-order valence-electron chi connectivity index (χ4n) is 3.74. The maximum absolute atomic E-state index is 12.8. The van der Waals surface area contributed by atoms with Crippen LogP contribution in [0, 0.1) is 5.92 Å². The third-order valence-electron chi connectivity index (χ3n) is 5.46. The maximum atomic E-state index is 12.8. The average molecular weight is 386 g/mol. The lowest BCUT2D eigenvalue weighted by molar-refractivity contribution is -0.140. The average Bonchev–Trinajstić information content (AvgIpc) is 2.97. The quantitative estimate of drug-likeness (QED) is 0.762. The molecule has 0 atom stereocenters. The number of para-hydroxylation sites is 2. The van der Waals surface area contributed by atoms with Crippen molar-refractivity contribution in [3.05, 3.63) is 34.7 Å². The van der Waals surface area contributed by atoms with Gasteiger partial charge in [0.1, 0.15) is 6.54 Å². The van der Waals surface area contributed by atoms with E-state index in [0.29, 0.717) is 45.1 Å². The first-order valence-corrected chi connectivity index (χ1v) is 10.2. The van der Waals surface area contributed by atoms with E-state index in [1.807, 2.05) is 36.1 Å². The smallest absolute Gasteiger partial charge is 0.329 e. The van der Waals surface area contributed by atoms with Crippen molar-refractivity contribution in [2.24, 2.45) is 5.92 Å². The summed E-state index contributed by atoms with van der Waals surface area (Å²) in [6.45, 7) is 8.92. The van der Waals surface area contributed by atoms with Crippen LogP contribution in [0.2, 0.25) is 0 Å². The van der Waals surface area contributed by atoms with Crippen molar-refractivity contribution in [2.45, 2.75) is 46.7 Å². The molecule has 0 unspecified atom stereocenters.